The highest BCUT2D eigenvalue weighted by atomic mass is 16.3. The van der Waals surface area contributed by atoms with Crippen molar-refractivity contribution in [2.75, 3.05) is 6.61 Å². The van der Waals surface area contributed by atoms with Crippen LogP contribution in [0.4, 0.5) is 0 Å². The third-order valence-electron chi connectivity index (χ3n) is 3.35. The number of hydrogen-bond donors (Lipinski definition) is 2. The number of carbonyl (C=O) groups excluding carboxylic acids is 1. The summed E-state index contributed by atoms with van der Waals surface area (Å²) in [4.78, 5) is 12.0. The van der Waals surface area contributed by atoms with Crippen molar-refractivity contribution in [2.45, 2.75) is 39.2 Å². The van der Waals surface area contributed by atoms with Gasteiger partial charge in [-0.05, 0) is 31.9 Å². The monoisotopic (exact) mass is 235 g/mol. The molecule has 0 heterocycles. The van der Waals surface area contributed by atoms with Gasteiger partial charge >= 0.3 is 0 Å². The highest BCUT2D eigenvalue weighted by molar-refractivity contribution is 5.94. The molecule has 1 aromatic rings. The average Bonchev–Trinajstić information content (AvgIpc) is 2.37. The Morgan fingerprint density at radius 1 is 1.24 bits per heavy atom. The molecule has 3 nitrogen and oxygen atoms in total. The highest BCUT2D eigenvalue weighted by Crippen LogP contribution is 2.15. The van der Waals surface area contributed by atoms with Crippen molar-refractivity contribution in [1.82, 2.24) is 5.32 Å². The van der Waals surface area contributed by atoms with Gasteiger partial charge in [0.1, 0.15) is 0 Å². The molecular formula is C14H21NO2. The first-order chi connectivity index (χ1) is 8.06. The first-order valence-electron chi connectivity index (χ1n) is 6.07. The Kier molecular flexibility index (Phi) is 4.70. The molecule has 0 aliphatic heterocycles. The lowest BCUT2D eigenvalue weighted by Crippen LogP contribution is -2.50. The lowest BCUT2D eigenvalue weighted by molar-refractivity contribution is 0.0818. The third-order valence-corrected chi connectivity index (χ3v) is 3.35. The molecule has 3 heteroatoms. The summed E-state index contributed by atoms with van der Waals surface area (Å²) in [5.74, 6) is -0.122. The minimum atomic E-state index is -0.498. The van der Waals surface area contributed by atoms with Gasteiger partial charge in [-0.3, -0.25) is 4.79 Å². The summed E-state index contributed by atoms with van der Waals surface area (Å²) < 4.78 is 0. The molecule has 0 aromatic heterocycles. The highest BCUT2D eigenvalue weighted by Gasteiger charge is 2.27. The topological polar surface area (TPSA) is 49.3 Å². The van der Waals surface area contributed by atoms with Crippen LogP contribution >= 0.6 is 0 Å². The Bertz CT molecular complexity index is 358. The van der Waals surface area contributed by atoms with E-state index in [-0.39, 0.29) is 12.5 Å². The van der Waals surface area contributed by atoms with Crippen molar-refractivity contribution >= 4 is 5.91 Å². The van der Waals surface area contributed by atoms with Gasteiger partial charge in [0.2, 0.25) is 0 Å². The predicted octanol–water partition coefficient (Wildman–Crippen LogP) is 2.28. The maximum atomic E-state index is 12.0. The van der Waals surface area contributed by atoms with E-state index in [4.69, 9.17) is 0 Å². The maximum Gasteiger partial charge on any atom is 0.251 e. The van der Waals surface area contributed by atoms with Crippen molar-refractivity contribution in [3.05, 3.63) is 35.4 Å². The van der Waals surface area contributed by atoms with Gasteiger partial charge in [0, 0.05) is 5.56 Å². The van der Waals surface area contributed by atoms with E-state index in [9.17, 15) is 9.90 Å². The summed E-state index contributed by atoms with van der Waals surface area (Å²) in [6.07, 6.45) is 1.44. The zero-order valence-electron chi connectivity index (χ0n) is 10.8. The van der Waals surface area contributed by atoms with Crippen LogP contribution in [-0.4, -0.2) is 23.2 Å². The summed E-state index contributed by atoms with van der Waals surface area (Å²) in [7, 11) is 0. The van der Waals surface area contributed by atoms with E-state index in [1.807, 2.05) is 32.9 Å². The average molecular weight is 235 g/mol. The second-order valence-corrected chi connectivity index (χ2v) is 4.47. The molecule has 0 saturated heterocycles. The number of aliphatic hydroxyl groups is 1. The number of hydrogen-bond acceptors (Lipinski definition) is 2. The number of aryl methyl sites for hydroxylation is 1. The molecule has 0 spiro atoms. The maximum absolute atomic E-state index is 12.0. The van der Waals surface area contributed by atoms with Crippen LogP contribution in [0, 0.1) is 6.92 Å². The minimum absolute atomic E-state index is 0.0302. The molecule has 94 valence electrons. The summed E-state index contributed by atoms with van der Waals surface area (Å²) in [6, 6.07) is 7.43. The lowest BCUT2D eigenvalue weighted by atomic mass is 9.93. The molecule has 1 amide bonds. The smallest absolute Gasteiger partial charge is 0.251 e. The molecule has 0 saturated carbocycles. The van der Waals surface area contributed by atoms with Crippen LogP contribution in [0.3, 0.4) is 0 Å². The lowest BCUT2D eigenvalue weighted by Gasteiger charge is -2.30. The predicted molar refractivity (Wildman–Crippen MR) is 69.0 cm³/mol. The quantitative estimate of drug-likeness (QED) is 0.822. The minimum Gasteiger partial charge on any atom is -0.394 e. The fraction of sp³-hybridized carbons (Fsp3) is 0.500. The summed E-state index contributed by atoms with van der Waals surface area (Å²) in [6.45, 7) is 5.89. The summed E-state index contributed by atoms with van der Waals surface area (Å²) in [5, 5.41) is 12.3. The largest absolute Gasteiger partial charge is 0.394 e. The Morgan fingerprint density at radius 3 is 2.18 bits per heavy atom. The number of benzene rings is 1. The second-order valence-electron chi connectivity index (χ2n) is 4.47. The Labute approximate surface area is 103 Å². The molecule has 0 aliphatic carbocycles. The number of aliphatic hydroxyl groups excluding tert-OH is 1. The van der Waals surface area contributed by atoms with Crippen molar-refractivity contribution < 1.29 is 9.90 Å². The van der Waals surface area contributed by atoms with Crippen molar-refractivity contribution in [3.8, 4) is 0 Å². The van der Waals surface area contributed by atoms with Gasteiger partial charge in [-0.15, -0.1) is 0 Å². The van der Waals surface area contributed by atoms with Crippen LogP contribution in [0.2, 0.25) is 0 Å². The Hall–Kier alpha value is -1.35. The van der Waals surface area contributed by atoms with Gasteiger partial charge in [-0.25, -0.2) is 0 Å². The van der Waals surface area contributed by atoms with E-state index in [2.05, 4.69) is 5.32 Å². The summed E-state index contributed by atoms with van der Waals surface area (Å²) in [5.41, 5.74) is 1.26. The van der Waals surface area contributed by atoms with Crippen LogP contribution in [0.25, 0.3) is 0 Å². The van der Waals surface area contributed by atoms with Crippen molar-refractivity contribution in [1.29, 1.82) is 0 Å². The molecular weight excluding hydrogens is 214 g/mol. The molecule has 0 aliphatic rings. The molecule has 0 bridgehead atoms. The number of nitrogens with one attached hydrogen (secondary N) is 1. The number of carbonyl (C=O) groups is 1. The van der Waals surface area contributed by atoms with Crippen LogP contribution in [0.5, 0.6) is 0 Å². The van der Waals surface area contributed by atoms with E-state index in [1.54, 1.807) is 12.1 Å². The zero-order chi connectivity index (χ0) is 12.9. The fourth-order valence-corrected chi connectivity index (χ4v) is 1.71. The van der Waals surface area contributed by atoms with Crippen LogP contribution in [-0.2, 0) is 0 Å². The molecule has 1 aromatic carbocycles. The molecule has 0 radical (unpaired) electrons. The first kappa shape index (κ1) is 13.7. The number of amides is 1. The number of rotatable bonds is 5. The first-order valence-corrected chi connectivity index (χ1v) is 6.07. The van der Waals surface area contributed by atoms with Gasteiger partial charge in [0.25, 0.3) is 5.91 Å². The van der Waals surface area contributed by atoms with Gasteiger partial charge in [-0.1, -0.05) is 31.5 Å². The summed E-state index contributed by atoms with van der Waals surface area (Å²) >= 11 is 0. The Balaban J connectivity index is 2.81. The molecule has 17 heavy (non-hydrogen) atoms. The van der Waals surface area contributed by atoms with Crippen LogP contribution in [0.15, 0.2) is 24.3 Å². The van der Waals surface area contributed by atoms with Crippen molar-refractivity contribution in [3.63, 3.8) is 0 Å². The molecule has 1 rings (SSSR count). The van der Waals surface area contributed by atoms with Crippen LogP contribution in [0.1, 0.15) is 42.6 Å². The second kappa shape index (κ2) is 5.82. The van der Waals surface area contributed by atoms with Gasteiger partial charge in [0.05, 0.1) is 12.1 Å². The van der Waals surface area contributed by atoms with E-state index < -0.39 is 5.54 Å². The van der Waals surface area contributed by atoms with E-state index in [0.29, 0.717) is 5.56 Å². The normalized spacial score (nSPS) is 11.3. The SMILES string of the molecule is CCC(CC)(CO)NC(=O)c1ccc(C)cc1. The molecule has 0 fully saturated rings. The molecule has 2 N–H and O–H groups in total. The third kappa shape index (κ3) is 3.30. The van der Waals surface area contributed by atoms with Gasteiger partial charge in [0.15, 0.2) is 0 Å². The van der Waals surface area contributed by atoms with E-state index >= 15 is 0 Å². The van der Waals surface area contributed by atoms with E-state index in [1.165, 1.54) is 0 Å². The molecule has 0 unspecified atom stereocenters. The molecule has 0 atom stereocenters. The Morgan fingerprint density at radius 2 is 1.76 bits per heavy atom. The van der Waals surface area contributed by atoms with E-state index in [0.717, 1.165) is 18.4 Å². The van der Waals surface area contributed by atoms with Crippen LogP contribution < -0.4 is 5.32 Å². The zero-order valence-corrected chi connectivity index (χ0v) is 10.8. The standard InChI is InChI=1S/C14H21NO2/c1-4-14(5-2,10-16)15-13(17)12-8-6-11(3)7-9-12/h6-9,16H,4-5,10H2,1-3H3,(H,15,17). The fourth-order valence-electron chi connectivity index (χ4n) is 1.71. The van der Waals surface area contributed by atoms with Gasteiger partial charge in [-0.2, -0.15) is 0 Å². The van der Waals surface area contributed by atoms with Gasteiger partial charge < -0.3 is 10.4 Å². The van der Waals surface area contributed by atoms with Crippen molar-refractivity contribution in [2.24, 2.45) is 0 Å².